The van der Waals surface area contributed by atoms with Crippen LogP contribution in [-0.4, -0.2) is 83.0 Å². The van der Waals surface area contributed by atoms with Gasteiger partial charge >= 0.3 is 0 Å². The summed E-state index contributed by atoms with van der Waals surface area (Å²) in [6, 6.07) is 6.12. The maximum atomic E-state index is 17.2. The van der Waals surface area contributed by atoms with Crippen LogP contribution in [0.25, 0.3) is 32.9 Å². The number of rotatable bonds is 10. The summed E-state index contributed by atoms with van der Waals surface area (Å²) >= 11 is 0. The van der Waals surface area contributed by atoms with Crippen molar-refractivity contribution < 1.29 is 36.5 Å². The van der Waals surface area contributed by atoms with Gasteiger partial charge in [0.05, 0.1) is 18.8 Å². The van der Waals surface area contributed by atoms with E-state index in [0.717, 1.165) is 6.26 Å². The molecule has 0 radical (unpaired) electrons. The fourth-order valence-corrected chi connectivity index (χ4v) is 13.2. The highest BCUT2D eigenvalue weighted by Gasteiger charge is 2.42. The Morgan fingerprint density at radius 2 is 1.71 bits per heavy atom. The van der Waals surface area contributed by atoms with Crippen molar-refractivity contribution in [3.8, 4) is 34.4 Å². The number of aromatic nitrogens is 3. The van der Waals surface area contributed by atoms with Crippen LogP contribution in [0, 0.1) is 23.1 Å². The summed E-state index contributed by atoms with van der Waals surface area (Å²) in [5.41, 5.74) is 4.02. The third kappa shape index (κ3) is 7.26. The number of hydrogen-bond acceptors (Lipinski definition) is 10. The van der Waals surface area contributed by atoms with Crippen molar-refractivity contribution in [1.82, 2.24) is 15.0 Å². The molecule has 1 fully saturated rings. The Hall–Kier alpha value is -3.90. The average Bonchev–Trinajstić information content (AvgIpc) is 3.07. The van der Waals surface area contributed by atoms with Crippen LogP contribution in [0.5, 0.6) is 11.6 Å². The van der Waals surface area contributed by atoms with Crippen LogP contribution in [-0.2, 0) is 14.6 Å². The largest absolute Gasteiger partial charge is 0.480 e. The summed E-state index contributed by atoms with van der Waals surface area (Å²) in [4.78, 5) is 14.8. The summed E-state index contributed by atoms with van der Waals surface area (Å²) in [5.74, 6) is 1.97. The van der Waals surface area contributed by atoms with Crippen molar-refractivity contribution in [3.05, 3.63) is 41.5 Å². The van der Waals surface area contributed by atoms with Gasteiger partial charge in [-0.1, -0.05) is 53.5 Å². The molecule has 2 aromatic heterocycles. The van der Waals surface area contributed by atoms with E-state index in [4.69, 9.17) is 14.2 Å². The van der Waals surface area contributed by atoms with E-state index in [1.165, 1.54) is 26.4 Å². The summed E-state index contributed by atoms with van der Waals surface area (Å²) in [6.45, 7) is 13.4. The van der Waals surface area contributed by atoms with E-state index in [9.17, 15) is 13.5 Å². The van der Waals surface area contributed by atoms with Crippen LogP contribution >= 0.6 is 0 Å². The maximum Gasteiger partial charge on any atom is 0.249 e. The average molecular weight is 741 g/mol. The van der Waals surface area contributed by atoms with Crippen LogP contribution in [0.3, 0.4) is 0 Å². The molecule has 1 N–H and O–H groups in total. The number of β-amino-alcohol motifs (C(OH)–C–C–N with tert-alkyl or cyclic N) is 1. The Balaban J connectivity index is 1.92. The maximum absolute atomic E-state index is 17.2. The first-order valence-corrected chi connectivity index (χ1v) is 21.2. The van der Waals surface area contributed by atoms with Crippen molar-refractivity contribution in [1.29, 1.82) is 0 Å². The summed E-state index contributed by atoms with van der Waals surface area (Å²) in [5, 5.41) is 10.7. The van der Waals surface area contributed by atoms with Crippen LogP contribution in [0.15, 0.2) is 29.4 Å². The first-order chi connectivity index (χ1) is 24.0. The Labute approximate surface area is 299 Å². The molecule has 4 aromatic rings. The number of pyridine rings is 1. The topological polar surface area (TPSA) is 124 Å². The summed E-state index contributed by atoms with van der Waals surface area (Å²) < 4.78 is 75.7. The molecule has 3 heterocycles. The number of fused-ring (bicyclic) bond motifs is 2. The zero-order chi connectivity index (χ0) is 37.4. The highest BCUT2D eigenvalue weighted by Crippen LogP contribution is 2.44. The molecule has 274 valence electrons. The lowest BCUT2D eigenvalue weighted by Crippen LogP contribution is -2.43. The van der Waals surface area contributed by atoms with Crippen LogP contribution in [0.2, 0.25) is 16.6 Å². The minimum Gasteiger partial charge on any atom is -0.480 e. The molecular formula is C37H46F2N4O6SSi. The first kappa shape index (κ1) is 38.3. The molecule has 1 aliphatic rings. The minimum atomic E-state index is -4.03. The second kappa shape index (κ2) is 15.0. The highest BCUT2D eigenvalue weighted by atomic mass is 32.2. The molecule has 0 bridgehead atoms. The molecule has 0 unspecified atom stereocenters. The number of piperidine rings is 1. The van der Waals surface area contributed by atoms with Crippen molar-refractivity contribution in [2.75, 3.05) is 45.3 Å². The van der Waals surface area contributed by atoms with E-state index in [1.807, 2.05) is 0 Å². The molecule has 1 aliphatic heterocycles. The molecule has 0 aliphatic carbocycles. The number of nitrogens with zero attached hydrogens (tertiary/aromatic N) is 4. The number of ether oxygens (including phenoxy) is 3. The van der Waals surface area contributed by atoms with Gasteiger partial charge in [0.25, 0.3) is 0 Å². The second-order valence-electron chi connectivity index (χ2n) is 14.0. The predicted octanol–water partition coefficient (Wildman–Crippen LogP) is 7.05. The predicted molar refractivity (Wildman–Crippen MR) is 198 cm³/mol. The highest BCUT2D eigenvalue weighted by molar-refractivity contribution is 7.90. The third-order valence-corrected chi connectivity index (χ3v) is 17.0. The molecule has 0 spiro atoms. The van der Waals surface area contributed by atoms with Gasteiger partial charge in [0, 0.05) is 37.4 Å². The number of methoxy groups -OCH3 is 2. The minimum absolute atomic E-state index is 0.0455. The standard InChI is InChI=1S/C37H46F2N4O6SSi/c1-21(2)51(22(3)4,23(5)6)16-14-27-29(38)13-12-24-17-26(49-20-47-7)18-28(30(24)27)33-32(39)34-31(36(40-33)48-8)35(42-37(41-34)50(9,45)46)43-15-10-11-25(44)19-43/h12-13,17-18,21-23,25,44H,10-11,15,19-20H2,1-9H3/t25-/m1/s1. The van der Waals surface area contributed by atoms with Gasteiger partial charge in [-0.15, -0.1) is 5.54 Å². The van der Waals surface area contributed by atoms with Gasteiger partial charge in [-0.2, -0.15) is 0 Å². The lowest BCUT2D eigenvalue weighted by atomic mass is 9.95. The van der Waals surface area contributed by atoms with Crippen molar-refractivity contribution >= 4 is 45.4 Å². The molecule has 2 aromatic carbocycles. The van der Waals surface area contributed by atoms with Gasteiger partial charge in [0.15, 0.2) is 12.6 Å². The molecule has 5 rings (SSSR count). The summed E-state index contributed by atoms with van der Waals surface area (Å²) in [6.07, 6.45) is 1.39. The fraction of sp³-hybridized carbons (Fsp3) is 0.486. The SMILES string of the molecule is COCOc1cc(-c2nc(OC)c3c(N4CCC[C@@H](O)C4)nc(S(C)(=O)=O)nc3c2F)c2c(C#C[Si](C(C)C)(C(C)C)C(C)C)c(F)ccc2c1. The normalized spacial score (nSPS) is 15.6. The molecule has 0 saturated carbocycles. The molecule has 0 amide bonds. The van der Waals surface area contributed by atoms with E-state index in [2.05, 4.69) is 68.0 Å². The molecule has 51 heavy (non-hydrogen) atoms. The van der Waals surface area contributed by atoms with Gasteiger partial charge in [-0.25, -0.2) is 32.2 Å². The lowest BCUT2D eigenvalue weighted by molar-refractivity contribution is 0.0512. The number of halogens is 2. The van der Waals surface area contributed by atoms with Crippen LogP contribution in [0.4, 0.5) is 14.6 Å². The number of aliphatic hydroxyl groups is 1. The van der Waals surface area contributed by atoms with E-state index in [-0.39, 0.29) is 69.4 Å². The number of sulfone groups is 1. The number of anilines is 1. The molecule has 1 saturated heterocycles. The quantitative estimate of drug-likeness (QED) is 0.0783. The molecule has 14 heteroatoms. The van der Waals surface area contributed by atoms with E-state index in [0.29, 0.717) is 35.9 Å². The van der Waals surface area contributed by atoms with Gasteiger partial charge in [-0.3, -0.25) is 0 Å². The number of benzene rings is 2. The smallest absolute Gasteiger partial charge is 0.249 e. The molecular weight excluding hydrogens is 695 g/mol. The zero-order valence-electron chi connectivity index (χ0n) is 30.6. The van der Waals surface area contributed by atoms with Gasteiger partial charge in [-0.05, 0) is 53.1 Å². The number of aliphatic hydroxyl groups excluding tert-OH is 1. The van der Waals surface area contributed by atoms with Gasteiger partial charge in [0.1, 0.15) is 42.1 Å². The van der Waals surface area contributed by atoms with E-state index >= 15 is 8.78 Å². The monoisotopic (exact) mass is 740 g/mol. The molecule has 1 atom stereocenters. The Morgan fingerprint density at radius 1 is 1.02 bits per heavy atom. The summed E-state index contributed by atoms with van der Waals surface area (Å²) in [7, 11) is -3.55. The van der Waals surface area contributed by atoms with E-state index < -0.39 is 40.8 Å². The zero-order valence-corrected chi connectivity index (χ0v) is 32.4. The first-order valence-electron chi connectivity index (χ1n) is 17.0. The lowest BCUT2D eigenvalue weighted by Gasteiger charge is -2.38. The van der Waals surface area contributed by atoms with Gasteiger partial charge < -0.3 is 24.2 Å². The number of hydrogen-bond donors (Lipinski definition) is 1. The van der Waals surface area contributed by atoms with E-state index in [1.54, 1.807) is 17.0 Å². The third-order valence-electron chi connectivity index (χ3n) is 9.84. The molecule has 10 nitrogen and oxygen atoms in total. The van der Waals surface area contributed by atoms with Crippen molar-refractivity contribution in [2.24, 2.45) is 0 Å². The van der Waals surface area contributed by atoms with Crippen molar-refractivity contribution in [3.63, 3.8) is 0 Å². The second-order valence-corrected chi connectivity index (χ2v) is 21.5. The van der Waals surface area contributed by atoms with Crippen LogP contribution in [0.1, 0.15) is 59.9 Å². The Morgan fingerprint density at radius 3 is 2.29 bits per heavy atom. The van der Waals surface area contributed by atoms with Crippen molar-refractivity contribution in [2.45, 2.75) is 82.3 Å². The Kier molecular flexibility index (Phi) is 11.3. The van der Waals surface area contributed by atoms with Gasteiger partial charge in [0.2, 0.25) is 20.9 Å². The Bertz CT molecular complexity index is 2110. The van der Waals surface area contributed by atoms with Crippen LogP contribution < -0.4 is 14.4 Å². The fourth-order valence-electron chi connectivity index (χ4n) is 7.51.